The van der Waals surface area contributed by atoms with Crippen molar-refractivity contribution in [2.75, 3.05) is 13.1 Å². The lowest BCUT2D eigenvalue weighted by Gasteiger charge is -2.20. The quantitative estimate of drug-likeness (QED) is 0.757. The van der Waals surface area contributed by atoms with E-state index in [4.69, 9.17) is 23.2 Å². The molecule has 1 saturated carbocycles. The van der Waals surface area contributed by atoms with Crippen LogP contribution in [-0.2, 0) is 4.79 Å². The van der Waals surface area contributed by atoms with Crippen LogP contribution < -0.4 is 5.32 Å². The summed E-state index contributed by atoms with van der Waals surface area (Å²) in [5.74, 6) is 0.294. The van der Waals surface area contributed by atoms with E-state index in [2.05, 4.69) is 9.69 Å². The molecule has 28 heavy (non-hydrogen) atoms. The molecular formula is C20H21Cl2N3O2S. The van der Waals surface area contributed by atoms with Gasteiger partial charge in [-0.3, -0.25) is 9.59 Å². The number of nitrogens with one attached hydrogen (secondary N) is 1. The first-order chi connectivity index (χ1) is 13.5. The van der Waals surface area contributed by atoms with Crippen LogP contribution in [0.5, 0.6) is 0 Å². The van der Waals surface area contributed by atoms with E-state index in [1.54, 1.807) is 18.2 Å². The number of halogens is 2. The van der Waals surface area contributed by atoms with E-state index >= 15 is 0 Å². The maximum atomic E-state index is 12.6. The number of amides is 2. The SMILES string of the molecule is O=C(NC1CCN(C(=O)C2CCCC2)C1)c1cc(-c2ccc(Cl)c(Cl)c2)ns1. The van der Waals surface area contributed by atoms with Gasteiger partial charge in [-0.05, 0) is 49.0 Å². The first-order valence-corrected chi connectivity index (χ1v) is 11.1. The van der Waals surface area contributed by atoms with Gasteiger partial charge < -0.3 is 10.2 Å². The normalized spacial score (nSPS) is 19.9. The van der Waals surface area contributed by atoms with E-state index in [-0.39, 0.29) is 23.8 Å². The van der Waals surface area contributed by atoms with Gasteiger partial charge >= 0.3 is 0 Å². The molecular weight excluding hydrogens is 417 g/mol. The van der Waals surface area contributed by atoms with Crippen LogP contribution in [0.1, 0.15) is 41.8 Å². The van der Waals surface area contributed by atoms with Crippen LogP contribution in [0.3, 0.4) is 0 Å². The largest absolute Gasteiger partial charge is 0.347 e. The van der Waals surface area contributed by atoms with E-state index in [1.807, 2.05) is 11.0 Å². The van der Waals surface area contributed by atoms with Gasteiger partial charge in [0.05, 0.1) is 15.7 Å². The molecule has 2 aliphatic rings. The summed E-state index contributed by atoms with van der Waals surface area (Å²) >= 11 is 13.2. The third-order valence-corrected chi connectivity index (χ3v) is 7.02. The summed E-state index contributed by atoms with van der Waals surface area (Å²) in [5.41, 5.74) is 1.51. The highest BCUT2D eigenvalue weighted by atomic mass is 35.5. The lowest BCUT2D eigenvalue weighted by molar-refractivity contribution is -0.134. The number of hydrogen-bond donors (Lipinski definition) is 1. The second-order valence-electron chi connectivity index (χ2n) is 7.43. The molecule has 1 aliphatic carbocycles. The fourth-order valence-corrected chi connectivity index (χ4v) is 4.90. The molecule has 5 nitrogen and oxygen atoms in total. The Morgan fingerprint density at radius 3 is 2.64 bits per heavy atom. The monoisotopic (exact) mass is 437 g/mol. The average Bonchev–Trinajstić information content (AvgIpc) is 3.44. The zero-order chi connectivity index (χ0) is 19.7. The minimum absolute atomic E-state index is 0.00613. The first-order valence-electron chi connectivity index (χ1n) is 9.53. The molecule has 148 valence electrons. The Hall–Kier alpha value is -1.63. The molecule has 1 N–H and O–H groups in total. The van der Waals surface area contributed by atoms with Crippen LogP contribution in [0.25, 0.3) is 11.3 Å². The summed E-state index contributed by atoms with van der Waals surface area (Å²) in [4.78, 5) is 27.6. The molecule has 2 amide bonds. The minimum atomic E-state index is -0.149. The van der Waals surface area contributed by atoms with Crippen LogP contribution in [0.4, 0.5) is 0 Å². The van der Waals surface area contributed by atoms with Crippen molar-refractivity contribution in [1.82, 2.24) is 14.6 Å². The molecule has 1 atom stereocenters. The van der Waals surface area contributed by atoms with E-state index in [0.717, 1.165) is 55.7 Å². The van der Waals surface area contributed by atoms with Crippen molar-refractivity contribution >= 4 is 46.5 Å². The zero-order valence-corrected chi connectivity index (χ0v) is 17.6. The first kappa shape index (κ1) is 19.7. The van der Waals surface area contributed by atoms with E-state index in [1.165, 1.54) is 0 Å². The van der Waals surface area contributed by atoms with Gasteiger partial charge in [0, 0.05) is 30.6 Å². The van der Waals surface area contributed by atoms with Crippen LogP contribution in [0, 0.1) is 5.92 Å². The highest BCUT2D eigenvalue weighted by molar-refractivity contribution is 7.08. The van der Waals surface area contributed by atoms with Gasteiger partial charge in [0.2, 0.25) is 5.91 Å². The summed E-state index contributed by atoms with van der Waals surface area (Å²) in [5, 5.41) is 3.98. The molecule has 2 aromatic rings. The standard InChI is InChI=1S/C20H21Cl2N3O2S/c21-15-6-5-13(9-16(15)22)17-10-18(28-24-17)19(26)23-14-7-8-25(11-14)20(27)12-3-1-2-4-12/h5-6,9-10,12,14H,1-4,7-8,11H2,(H,23,26). The van der Waals surface area contributed by atoms with Gasteiger partial charge in [-0.15, -0.1) is 0 Å². The zero-order valence-electron chi connectivity index (χ0n) is 15.3. The molecule has 1 aromatic carbocycles. The van der Waals surface area contributed by atoms with Crippen LogP contribution in [0.2, 0.25) is 10.0 Å². The van der Waals surface area contributed by atoms with Gasteiger partial charge in [0.15, 0.2) is 0 Å². The molecule has 1 aliphatic heterocycles. The molecule has 1 unspecified atom stereocenters. The maximum absolute atomic E-state index is 12.6. The molecule has 8 heteroatoms. The van der Waals surface area contributed by atoms with Gasteiger partial charge in [0.1, 0.15) is 4.88 Å². The van der Waals surface area contributed by atoms with Crippen LogP contribution in [0.15, 0.2) is 24.3 Å². The second kappa shape index (κ2) is 8.39. The number of hydrogen-bond acceptors (Lipinski definition) is 4. The Bertz CT molecular complexity index is 895. The molecule has 0 spiro atoms. The lowest BCUT2D eigenvalue weighted by atomic mass is 10.1. The number of carbonyl (C=O) groups excluding carboxylic acids is 2. The van der Waals surface area contributed by atoms with E-state index in [0.29, 0.717) is 27.2 Å². The minimum Gasteiger partial charge on any atom is -0.347 e. The van der Waals surface area contributed by atoms with Crippen molar-refractivity contribution in [3.8, 4) is 11.3 Å². The van der Waals surface area contributed by atoms with Crippen molar-refractivity contribution in [2.24, 2.45) is 5.92 Å². The fourth-order valence-electron chi connectivity index (χ4n) is 3.94. The number of benzene rings is 1. The third-order valence-electron chi connectivity index (χ3n) is 5.49. The average molecular weight is 438 g/mol. The number of rotatable bonds is 4. The summed E-state index contributed by atoms with van der Waals surface area (Å²) in [7, 11) is 0. The Morgan fingerprint density at radius 2 is 1.89 bits per heavy atom. The molecule has 1 aromatic heterocycles. The van der Waals surface area contributed by atoms with Crippen molar-refractivity contribution in [2.45, 2.75) is 38.1 Å². The molecule has 2 fully saturated rings. The summed E-state index contributed by atoms with van der Waals surface area (Å²) in [6.07, 6.45) is 5.10. The second-order valence-corrected chi connectivity index (χ2v) is 9.05. The number of aromatic nitrogens is 1. The van der Waals surface area contributed by atoms with Crippen molar-refractivity contribution in [3.05, 3.63) is 39.2 Å². The maximum Gasteiger partial charge on any atom is 0.263 e. The fraction of sp³-hybridized carbons (Fsp3) is 0.450. The summed E-state index contributed by atoms with van der Waals surface area (Å²) in [6, 6.07) is 7.04. The Kier molecular flexibility index (Phi) is 5.90. The molecule has 4 rings (SSSR count). The summed E-state index contributed by atoms with van der Waals surface area (Å²) in [6.45, 7) is 1.32. The lowest BCUT2D eigenvalue weighted by Crippen LogP contribution is -2.39. The highest BCUT2D eigenvalue weighted by Gasteiger charge is 2.33. The predicted octanol–water partition coefficient (Wildman–Crippen LogP) is 4.64. The van der Waals surface area contributed by atoms with Gasteiger partial charge in [0.25, 0.3) is 5.91 Å². The smallest absolute Gasteiger partial charge is 0.263 e. The van der Waals surface area contributed by atoms with Crippen molar-refractivity contribution in [1.29, 1.82) is 0 Å². The topological polar surface area (TPSA) is 62.3 Å². The molecule has 1 saturated heterocycles. The summed E-state index contributed by atoms with van der Waals surface area (Å²) < 4.78 is 4.36. The Morgan fingerprint density at radius 1 is 1.11 bits per heavy atom. The van der Waals surface area contributed by atoms with Crippen LogP contribution >= 0.6 is 34.7 Å². The Balaban J connectivity index is 1.36. The number of carbonyl (C=O) groups is 2. The van der Waals surface area contributed by atoms with Crippen molar-refractivity contribution in [3.63, 3.8) is 0 Å². The molecule has 0 bridgehead atoms. The molecule has 2 heterocycles. The van der Waals surface area contributed by atoms with E-state index in [9.17, 15) is 9.59 Å². The van der Waals surface area contributed by atoms with Crippen LogP contribution in [-0.4, -0.2) is 40.2 Å². The number of nitrogens with zero attached hydrogens (tertiary/aromatic N) is 2. The van der Waals surface area contributed by atoms with Crippen molar-refractivity contribution < 1.29 is 9.59 Å². The highest BCUT2D eigenvalue weighted by Crippen LogP contribution is 2.30. The van der Waals surface area contributed by atoms with Gasteiger partial charge in [-0.1, -0.05) is 42.1 Å². The van der Waals surface area contributed by atoms with Gasteiger partial charge in [-0.25, -0.2) is 0 Å². The predicted molar refractivity (Wildman–Crippen MR) is 112 cm³/mol. The number of likely N-dealkylation sites (tertiary alicyclic amines) is 1. The Labute approximate surface area is 178 Å². The third kappa shape index (κ3) is 4.19. The van der Waals surface area contributed by atoms with Gasteiger partial charge in [-0.2, -0.15) is 4.37 Å². The van der Waals surface area contributed by atoms with E-state index < -0.39 is 0 Å². The molecule has 0 radical (unpaired) electrons.